The third-order valence-corrected chi connectivity index (χ3v) is 10.4. The summed E-state index contributed by atoms with van der Waals surface area (Å²) < 4.78 is 22.1. The molecule has 0 aromatic rings. The first kappa shape index (κ1) is 51.5. The zero-order valence-electron chi connectivity index (χ0n) is 34.2. The lowest BCUT2D eigenvalue weighted by atomic mass is 10.0. The summed E-state index contributed by atoms with van der Waals surface area (Å²) >= 11 is 0. The van der Waals surface area contributed by atoms with Gasteiger partial charge in [0.05, 0.1) is 25.4 Å². The molecule has 53 heavy (non-hydrogen) atoms. The van der Waals surface area contributed by atoms with Crippen molar-refractivity contribution >= 4 is 13.7 Å². The number of hydrogen-bond donors (Lipinski definition) is 4. The van der Waals surface area contributed by atoms with Gasteiger partial charge in [0, 0.05) is 13.0 Å². The summed E-state index contributed by atoms with van der Waals surface area (Å²) in [5.74, 6) is -0.209. The van der Waals surface area contributed by atoms with Crippen LogP contribution in [0.2, 0.25) is 0 Å². The van der Waals surface area contributed by atoms with E-state index in [1.165, 1.54) is 128 Å². The number of hydrogen-bond acceptors (Lipinski definition) is 6. The third-order valence-electron chi connectivity index (χ3n) is 9.38. The highest BCUT2D eigenvalue weighted by Gasteiger charge is 2.26. The first-order valence-corrected chi connectivity index (χ1v) is 23.3. The van der Waals surface area contributed by atoms with Gasteiger partial charge in [-0.05, 0) is 64.2 Å². The van der Waals surface area contributed by atoms with Crippen LogP contribution in [0.3, 0.4) is 0 Å². The third kappa shape index (κ3) is 38.5. The van der Waals surface area contributed by atoms with Crippen molar-refractivity contribution in [3.8, 4) is 0 Å². The molecule has 0 aliphatic carbocycles. The van der Waals surface area contributed by atoms with E-state index in [0.29, 0.717) is 6.42 Å². The fourth-order valence-corrected chi connectivity index (χ4v) is 6.82. The predicted octanol–water partition coefficient (Wildman–Crippen LogP) is 12.1. The molecule has 0 saturated heterocycles. The van der Waals surface area contributed by atoms with Gasteiger partial charge in [0.25, 0.3) is 0 Å². The summed E-state index contributed by atoms with van der Waals surface area (Å²) in [4.78, 5) is 22.7. The summed E-state index contributed by atoms with van der Waals surface area (Å²) in [6, 6.07) is -0.877. The highest BCUT2D eigenvalue weighted by molar-refractivity contribution is 7.47. The summed E-state index contributed by atoms with van der Waals surface area (Å²) in [5, 5.41) is 13.6. The van der Waals surface area contributed by atoms with E-state index in [9.17, 15) is 19.4 Å². The molecule has 310 valence electrons. The van der Waals surface area contributed by atoms with Gasteiger partial charge in [-0.15, -0.1) is 0 Å². The Bertz CT molecular complexity index is 970. The van der Waals surface area contributed by atoms with Gasteiger partial charge >= 0.3 is 7.82 Å². The zero-order valence-corrected chi connectivity index (χ0v) is 35.1. The topological polar surface area (TPSA) is 131 Å². The van der Waals surface area contributed by atoms with Crippen molar-refractivity contribution < 1.29 is 28.4 Å². The van der Waals surface area contributed by atoms with Gasteiger partial charge in [0.15, 0.2) is 0 Å². The number of unbranched alkanes of at least 4 members (excludes halogenated alkanes) is 22. The second-order valence-corrected chi connectivity index (χ2v) is 16.0. The van der Waals surface area contributed by atoms with E-state index in [2.05, 4.69) is 55.6 Å². The number of rotatable bonds is 40. The summed E-state index contributed by atoms with van der Waals surface area (Å²) in [6.07, 6.45) is 48.8. The van der Waals surface area contributed by atoms with Crippen molar-refractivity contribution in [2.75, 3.05) is 19.8 Å². The normalized spacial score (nSPS) is 14.6. The Labute approximate surface area is 326 Å². The smallest absolute Gasteiger partial charge is 0.387 e. The molecule has 9 heteroatoms. The predicted molar refractivity (Wildman–Crippen MR) is 226 cm³/mol. The standard InChI is InChI=1S/C44H83N2O6P/c1-3-5-7-9-11-13-15-16-17-18-19-20-21-22-23-24-25-26-28-30-32-34-36-38-44(48)46-42(41-52-53(49,50)51-40-39-45)43(47)37-35-33-31-29-27-14-12-10-8-6-4-2/h15-16,18-19,27,29,35,37,42-43,47H,3-14,17,20-26,28,30-34,36,38-41,45H2,1-2H3,(H,46,48)(H,49,50)/b16-15-,19-18-,29-27+,37-35+. The van der Waals surface area contributed by atoms with E-state index in [4.69, 9.17) is 14.8 Å². The van der Waals surface area contributed by atoms with Crippen LogP contribution in [-0.4, -0.2) is 47.8 Å². The molecule has 5 N–H and O–H groups in total. The Balaban J connectivity index is 4.13. The first-order valence-electron chi connectivity index (χ1n) is 21.8. The van der Waals surface area contributed by atoms with Gasteiger partial charge in [0.1, 0.15) is 0 Å². The number of phosphoric acid groups is 1. The van der Waals surface area contributed by atoms with Crippen LogP contribution in [0.25, 0.3) is 0 Å². The largest absolute Gasteiger partial charge is 0.472 e. The molecule has 0 bridgehead atoms. The maximum absolute atomic E-state index is 12.7. The molecule has 1 amide bonds. The lowest BCUT2D eigenvalue weighted by molar-refractivity contribution is -0.123. The fourth-order valence-electron chi connectivity index (χ4n) is 6.06. The molecule has 0 aliphatic heterocycles. The Kier molecular flexibility index (Phi) is 39.0. The van der Waals surface area contributed by atoms with Crippen molar-refractivity contribution in [1.82, 2.24) is 5.32 Å². The van der Waals surface area contributed by atoms with Crippen LogP contribution in [0.5, 0.6) is 0 Å². The molecular formula is C44H83N2O6P. The van der Waals surface area contributed by atoms with E-state index < -0.39 is 20.0 Å². The Morgan fingerprint density at radius 2 is 1.06 bits per heavy atom. The Morgan fingerprint density at radius 3 is 1.57 bits per heavy atom. The first-order chi connectivity index (χ1) is 25.9. The van der Waals surface area contributed by atoms with Gasteiger partial charge in [0.2, 0.25) is 5.91 Å². The van der Waals surface area contributed by atoms with Gasteiger partial charge < -0.3 is 21.1 Å². The van der Waals surface area contributed by atoms with Crippen molar-refractivity contribution in [2.24, 2.45) is 5.73 Å². The minimum Gasteiger partial charge on any atom is -0.387 e. The van der Waals surface area contributed by atoms with E-state index in [1.54, 1.807) is 6.08 Å². The highest BCUT2D eigenvalue weighted by Crippen LogP contribution is 2.43. The molecule has 0 aliphatic rings. The van der Waals surface area contributed by atoms with E-state index in [-0.39, 0.29) is 25.7 Å². The minimum absolute atomic E-state index is 0.0725. The average molecular weight is 767 g/mol. The molecule has 8 nitrogen and oxygen atoms in total. The maximum atomic E-state index is 12.7. The SMILES string of the molecule is CCCCCCC/C=C\C/C=C\CCCCCCCCCCCCCC(=O)NC(COP(=O)(O)OCCN)C(O)/C=C/CC/C=C/CCCCCCC. The molecule has 0 radical (unpaired) electrons. The van der Waals surface area contributed by atoms with E-state index in [0.717, 1.165) is 44.9 Å². The molecule has 3 atom stereocenters. The Hall–Kier alpha value is -1.54. The van der Waals surface area contributed by atoms with Gasteiger partial charge in [-0.3, -0.25) is 13.8 Å². The number of aliphatic hydroxyl groups excluding tert-OH is 1. The number of amides is 1. The van der Waals surface area contributed by atoms with Crippen LogP contribution >= 0.6 is 7.82 Å². The van der Waals surface area contributed by atoms with E-state index in [1.807, 2.05) is 6.08 Å². The second-order valence-electron chi connectivity index (χ2n) is 14.5. The lowest BCUT2D eigenvalue weighted by Crippen LogP contribution is -2.45. The molecule has 0 aromatic carbocycles. The number of phosphoric ester groups is 1. The number of nitrogens with two attached hydrogens (primary N) is 1. The number of carbonyl (C=O) groups is 1. The van der Waals surface area contributed by atoms with Crippen molar-refractivity contribution in [3.63, 3.8) is 0 Å². The number of allylic oxidation sites excluding steroid dienone is 7. The highest BCUT2D eigenvalue weighted by atomic mass is 31.2. The molecule has 0 spiro atoms. The maximum Gasteiger partial charge on any atom is 0.472 e. The van der Waals surface area contributed by atoms with Crippen LogP contribution in [0.15, 0.2) is 48.6 Å². The van der Waals surface area contributed by atoms with Gasteiger partial charge in [-0.25, -0.2) is 4.57 Å². The van der Waals surface area contributed by atoms with E-state index >= 15 is 0 Å². The van der Waals surface area contributed by atoms with Crippen LogP contribution in [0.4, 0.5) is 0 Å². The summed E-state index contributed by atoms with van der Waals surface area (Å²) in [5.41, 5.74) is 5.36. The van der Waals surface area contributed by atoms with Crippen molar-refractivity contribution in [1.29, 1.82) is 0 Å². The van der Waals surface area contributed by atoms with Gasteiger partial charge in [-0.1, -0.05) is 172 Å². The molecule has 0 aromatic heterocycles. The number of carbonyl (C=O) groups excluding carboxylic acids is 1. The molecule has 0 fully saturated rings. The van der Waals surface area contributed by atoms with Crippen LogP contribution in [0.1, 0.15) is 194 Å². The Morgan fingerprint density at radius 1 is 0.623 bits per heavy atom. The molecule has 3 unspecified atom stereocenters. The van der Waals surface area contributed by atoms with Crippen LogP contribution in [0, 0.1) is 0 Å². The summed E-state index contributed by atoms with van der Waals surface area (Å²) in [6.45, 7) is 4.07. The minimum atomic E-state index is -4.34. The number of nitrogens with one attached hydrogen (secondary N) is 1. The number of aliphatic hydroxyl groups is 1. The second kappa shape index (κ2) is 40.1. The quantitative estimate of drug-likeness (QED) is 0.0277. The molecule has 0 saturated carbocycles. The lowest BCUT2D eigenvalue weighted by Gasteiger charge is -2.23. The van der Waals surface area contributed by atoms with Crippen molar-refractivity contribution in [2.45, 2.75) is 206 Å². The average Bonchev–Trinajstić information content (AvgIpc) is 3.14. The zero-order chi connectivity index (χ0) is 38.9. The van der Waals surface area contributed by atoms with Crippen LogP contribution < -0.4 is 11.1 Å². The molecule has 0 rings (SSSR count). The van der Waals surface area contributed by atoms with Crippen LogP contribution in [-0.2, 0) is 18.4 Å². The molecular weight excluding hydrogens is 683 g/mol. The van der Waals surface area contributed by atoms with Crippen molar-refractivity contribution in [3.05, 3.63) is 48.6 Å². The summed E-state index contributed by atoms with van der Waals surface area (Å²) in [7, 11) is -4.34. The molecule has 0 heterocycles. The van der Waals surface area contributed by atoms with Gasteiger partial charge in [-0.2, -0.15) is 0 Å². The monoisotopic (exact) mass is 767 g/mol. The fraction of sp³-hybridized carbons (Fsp3) is 0.795.